The summed E-state index contributed by atoms with van der Waals surface area (Å²) in [4.78, 5) is 37.7. The first-order chi connectivity index (χ1) is 21.2. The van der Waals surface area contributed by atoms with E-state index in [0.717, 1.165) is 45.7 Å². The minimum Gasteiger partial charge on any atom is -0.357 e. The van der Waals surface area contributed by atoms with Crippen molar-refractivity contribution in [3.05, 3.63) is 135 Å². The van der Waals surface area contributed by atoms with Gasteiger partial charge in [0.2, 0.25) is 0 Å². The second kappa shape index (κ2) is 11.0. The lowest BCUT2D eigenvalue weighted by molar-refractivity contribution is -0.118. The summed E-state index contributed by atoms with van der Waals surface area (Å²) in [7, 11) is 0. The number of Topliss-reactive ketones (excluding diaryl/α,β-unsaturated/α-hetero) is 1. The Hall–Kier alpha value is -4.39. The van der Waals surface area contributed by atoms with Gasteiger partial charge in [0.25, 0.3) is 0 Å². The van der Waals surface area contributed by atoms with E-state index in [2.05, 4.69) is 35.1 Å². The van der Waals surface area contributed by atoms with E-state index in [1.807, 2.05) is 78.9 Å². The Morgan fingerprint density at radius 1 is 0.909 bits per heavy atom. The van der Waals surface area contributed by atoms with E-state index in [9.17, 15) is 9.59 Å². The standard InChI is InChI=1S/C36H30Cl2N4O2/c1-36(2)18-29-33(31(43)19-36)34(22-12-14-24(37)25(38)16-22)42(30-11-7-6-10-27(30)39-29)20-32-40-26-15-13-23(17-28(26)41-32)35(44)21-8-4-3-5-9-21/h3-17,34,39H,18-20H2,1-2H3,(H,40,41). The number of aromatic nitrogens is 2. The first-order valence-electron chi connectivity index (χ1n) is 14.6. The third-order valence-corrected chi connectivity index (χ3v) is 9.15. The lowest BCUT2D eigenvalue weighted by atomic mass is 9.73. The van der Waals surface area contributed by atoms with Crippen molar-refractivity contribution in [1.82, 2.24) is 9.97 Å². The number of hydrogen-bond donors (Lipinski definition) is 2. The number of carbonyl (C=O) groups excluding carboxylic acids is 2. The number of imidazole rings is 1. The van der Waals surface area contributed by atoms with Gasteiger partial charge in [-0.05, 0) is 59.9 Å². The predicted molar refractivity (Wildman–Crippen MR) is 176 cm³/mol. The summed E-state index contributed by atoms with van der Waals surface area (Å²) in [5, 5.41) is 4.53. The van der Waals surface area contributed by atoms with E-state index >= 15 is 0 Å². The lowest BCUT2D eigenvalue weighted by Crippen LogP contribution is -2.36. The maximum absolute atomic E-state index is 14.0. The highest BCUT2D eigenvalue weighted by Gasteiger charge is 2.41. The smallest absolute Gasteiger partial charge is 0.193 e. The Kier molecular flexibility index (Phi) is 7.07. The number of nitrogens with one attached hydrogen (secondary N) is 2. The van der Waals surface area contributed by atoms with Crippen LogP contribution in [0.5, 0.6) is 0 Å². The summed E-state index contributed by atoms with van der Waals surface area (Å²) < 4.78 is 0. The molecule has 0 saturated heterocycles. The van der Waals surface area contributed by atoms with Gasteiger partial charge in [-0.2, -0.15) is 0 Å². The number of benzene rings is 4. The zero-order chi connectivity index (χ0) is 30.6. The van der Waals surface area contributed by atoms with Gasteiger partial charge < -0.3 is 15.2 Å². The zero-order valence-electron chi connectivity index (χ0n) is 24.3. The Morgan fingerprint density at radius 2 is 1.68 bits per heavy atom. The molecule has 7 rings (SSSR count). The van der Waals surface area contributed by atoms with Crippen LogP contribution in [0.4, 0.5) is 11.4 Å². The number of allylic oxidation sites excluding steroid dienone is 1. The molecule has 1 unspecified atom stereocenters. The quantitative estimate of drug-likeness (QED) is 0.192. The van der Waals surface area contributed by atoms with Gasteiger partial charge in [-0.15, -0.1) is 0 Å². The molecular formula is C36H30Cl2N4O2. The van der Waals surface area contributed by atoms with E-state index in [-0.39, 0.29) is 17.0 Å². The monoisotopic (exact) mass is 620 g/mol. The molecule has 1 atom stereocenters. The Morgan fingerprint density at radius 3 is 2.48 bits per heavy atom. The minimum atomic E-state index is -0.442. The number of hydrogen-bond acceptors (Lipinski definition) is 5. The Bertz CT molecular complexity index is 1980. The number of ketones is 2. The first kappa shape index (κ1) is 28.4. The van der Waals surface area contributed by atoms with Crippen molar-refractivity contribution in [2.75, 3.05) is 10.2 Å². The number of H-pyrrole nitrogens is 1. The fourth-order valence-corrected chi connectivity index (χ4v) is 6.76. The summed E-state index contributed by atoms with van der Waals surface area (Å²) in [6.45, 7) is 4.63. The van der Waals surface area contributed by atoms with Crippen LogP contribution in [0.3, 0.4) is 0 Å². The molecule has 2 heterocycles. The summed E-state index contributed by atoms with van der Waals surface area (Å²) in [6.07, 6.45) is 1.18. The maximum atomic E-state index is 14.0. The molecule has 8 heteroatoms. The lowest BCUT2D eigenvalue weighted by Gasteiger charge is -2.38. The molecule has 5 aromatic rings. The summed E-state index contributed by atoms with van der Waals surface area (Å²) in [5.74, 6) is 0.761. The molecule has 1 aliphatic carbocycles. The van der Waals surface area contributed by atoms with Crippen LogP contribution in [-0.4, -0.2) is 21.5 Å². The van der Waals surface area contributed by atoms with Crippen LogP contribution in [-0.2, 0) is 11.3 Å². The van der Waals surface area contributed by atoms with Gasteiger partial charge in [0.1, 0.15) is 5.82 Å². The van der Waals surface area contributed by atoms with E-state index in [1.165, 1.54) is 0 Å². The molecule has 2 aliphatic rings. The van der Waals surface area contributed by atoms with E-state index in [1.54, 1.807) is 6.07 Å². The van der Waals surface area contributed by atoms with Crippen LogP contribution >= 0.6 is 23.2 Å². The van der Waals surface area contributed by atoms with Crippen molar-refractivity contribution in [3.8, 4) is 0 Å². The van der Waals surface area contributed by atoms with Gasteiger partial charge in [-0.1, -0.05) is 85.6 Å². The summed E-state index contributed by atoms with van der Waals surface area (Å²) >= 11 is 12.9. The third-order valence-electron chi connectivity index (χ3n) is 8.41. The number of carbonyl (C=O) groups is 2. The van der Waals surface area contributed by atoms with Gasteiger partial charge in [0.15, 0.2) is 11.6 Å². The zero-order valence-corrected chi connectivity index (χ0v) is 25.8. The number of fused-ring (bicyclic) bond motifs is 2. The second-order valence-corrected chi connectivity index (χ2v) is 13.1. The van der Waals surface area contributed by atoms with Gasteiger partial charge >= 0.3 is 0 Å². The van der Waals surface area contributed by atoms with Crippen molar-refractivity contribution in [1.29, 1.82) is 0 Å². The number of para-hydroxylation sites is 2. The van der Waals surface area contributed by atoms with E-state index in [4.69, 9.17) is 28.2 Å². The van der Waals surface area contributed by atoms with Gasteiger partial charge in [-0.3, -0.25) is 9.59 Å². The summed E-state index contributed by atoms with van der Waals surface area (Å²) in [6, 6.07) is 28.0. The average molecular weight is 622 g/mol. The highest BCUT2D eigenvalue weighted by atomic mass is 35.5. The molecule has 1 aliphatic heterocycles. The molecule has 220 valence electrons. The Labute approximate surface area is 265 Å². The van der Waals surface area contributed by atoms with Crippen molar-refractivity contribution in [2.45, 2.75) is 39.3 Å². The van der Waals surface area contributed by atoms with Crippen LogP contribution in [0.2, 0.25) is 10.0 Å². The maximum Gasteiger partial charge on any atom is 0.193 e. The van der Waals surface area contributed by atoms with Crippen LogP contribution in [0.1, 0.15) is 60.0 Å². The van der Waals surface area contributed by atoms with Gasteiger partial charge in [-0.25, -0.2) is 4.98 Å². The van der Waals surface area contributed by atoms with E-state index in [0.29, 0.717) is 40.0 Å². The van der Waals surface area contributed by atoms with E-state index < -0.39 is 6.04 Å². The molecule has 0 amide bonds. The summed E-state index contributed by atoms with van der Waals surface area (Å²) in [5.41, 5.74) is 6.93. The fraction of sp³-hybridized carbons (Fsp3) is 0.194. The van der Waals surface area contributed by atoms with Crippen molar-refractivity contribution >= 4 is 57.2 Å². The molecule has 0 saturated carbocycles. The van der Waals surface area contributed by atoms with Gasteiger partial charge in [0, 0.05) is 28.8 Å². The highest BCUT2D eigenvalue weighted by molar-refractivity contribution is 6.42. The normalized spacial score (nSPS) is 17.6. The van der Waals surface area contributed by atoms with Crippen LogP contribution in [0, 0.1) is 5.41 Å². The minimum absolute atomic E-state index is 0.0472. The van der Waals surface area contributed by atoms with Gasteiger partial charge in [0.05, 0.1) is 45.0 Å². The fourth-order valence-electron chi connectivity index (χ4n) is 6.45. The van der Waals surface area contributed by atoms with Crippen molar-refractivity contribution in [2.24, 2.45) is 5.41 Å². The molecule has 6 nitrogen and oxygen atoms in total. The molecule has 2 N–H and O–H groups in total. The molecule has 0 radical (unpaired) electrons. The van der Waals surface area contributed by atoms with Crippen LogP contribution in [0.25, 0.3) is 11.0 Å². The molecular weight excluding hydrogens is 591 g/mol. The molecule has 0 bridgehead atoms. The number of aromatic amines is 1. The second-order valence-electron chi connectivity index (χ2n) is 12.3. The van der Waals surface area contributed by atoms with Crippen LogP contribution in [0.15, 0.2) is 102 Å². The van der Waals surface area contributed by atoms with Crippen LogP contribution < -0.4 is 10.2 Å². The van der Waals surface area contributed by atoms with Crippen molar-refractivity contribution < 1.29 is 9.59 Å². The Balaban J connectivity index is 1.35. The topological polar surface area (TPSA) is 78.1 Å². The number of nitrogens with zero attached hydrogens (tertiary/aromatic N) is 2. The highest BCUT2D eigenvalue weighted by Crippen LogP contribution is 2.49. The number of halogens is 2. The first-order valence-corrected chi connectivity index (χ1v) is 15.3. The molecule has 0 fully saturated rings. The number of rotatable bonds is 5. The molecule has 1 aromatic heterocycles. The molecule has 4 aromatic carbocycles. The number of anilines is 2. The average Bonchev–Trinajstić information content (AvgIpc) is 3.35. The van der Waals surface area contributed by atoms with Crippen molar-refractivity contribution in [3.63, 3.8) is 0 Å². The SMILES string of the molecule is CC1(C)CC(=O)C2=C(C1)Nc1ccccc1N(Cc1nc3ccc(C(=O)c4ccccc4)cc3[nH]1)C2c1ccc(Cl)c(Cl)c1. The predicted octanol–water partition coefficient (Wildman–Crippen LogP) is 8.92. The third kappa shape index (κ3) is 5.18. The molecule has 0 spiro atoms. The largest absolute Gasteiger partial charge is 0.357 e. The molecule has 44 heavy (non-hydrogen) atoms.